The third-order valence-corrected chi connectivity index (χ3v) is 5.72. The molecule has 1 N–H and O–H groups in total. The summed E-state index contributed by atoms with van der Waals surface area (Å²) in [6.45, 7) is 6.00. The minimum atomic E-state index is -0.609. The number of carbonyl (C=O) groups excluding carboxylic acids is 1. The fraction of sp³-hybridized carbons (Fsp3) is 0.238. The maximum atomic E-state index is 13.0. The van der Waals surface area contributed by atoms with Gasteiger partial charge >= 0.3 is 0 Å². The number of carbonyl (C=O) groups is 1. The van der Waals surface area contributed by atoms with Gasteiger partial charge in [-0.3, -0.25) is 4.79 Å². The fourth-order valence-electron chi connectivity index (χ4n) is 2.95. The van der Waals surface area contributed by atoms with E-state index in [1.165, 1.54) is 11.3 Å². The van der Waals surface area contributed by atoms with Crippen molar-refractivity contribution in [3.63, 3.8) is 0 Å². The van der Waals surface area contributed by atoms with Crippen molar-refractivity contribution in [2.24, 2.45) is 0 Å². The van der Waals surface area contributed by atoms with Crippen molar-refractivity contribution in [1.29, 1.82) is 0 Å². The van der Waals surface area contributed by atoms with Crippen LogP contribution in [0.25, 0.3) is 0 Å². The standard InChI is InChI=1S/C21H22N2OS/c1-4-18-22-15(2)19(25-18)20(24)23-21(3,16-11-7-5-8-12-16)17-13-9-6-10-14-17/h5-14H,4H2,1-3H3,(H,23,24). The lowest BCUT2D eigenvalue weighted by Gasteiger charge is -2.32. The van der Waals surface area contributed by atoms with Gasteiger partial charge in [-0.2, -0.15) is 0 Å². The Balaban J connectivity index is 2.01. The molecular formula is C21H22N2OS. The predicted molar refractivity (Wildman–Crippen MR) is 103 cm³/mol. The normalized spacial score (nSPS) is 11.3. The number of nitrogens with zero attached hydrogens (tertiary/aromatic N) is 1. The van der Waals surface area contributed by atoms with Crippen LogP contribution in [0.3, 0.4) is 0 Å². The number of thiazole rings is 1. The topological polar surface area (TPSA) is 42.0 Å². The third kappa shape index (κ3) is 3.49. The molecule has 0 spiro atoms. The van der Waals surface area contributed by atoms with Gasteiger partial charge in [-0.25, -0.2) is 4.98 Å². The van der Waals surface area contributed by atoms with Gasteiger partial charge < -0.3 is 5.32 Å². The highest BCUT2D eigenvalue weighted by molar-refractivity contribution is 7.13. The molecule has 0 aliphatic rings. The zero-order valence-electron chi connectivity index (χ0n) is 14.7. The van der Waals surface area contributed by atoms with Gasteiger partial charge in [-0.15, -0.1) is 11.3 Å². The Hall–Kier alpha value is -2.46. The van der Waals surface area contributed by atoms with Crippen LogP contribution in [0.5, 0.6) is 0 Å². The van der Waals surface area contributed by atoms with Crippen molar-refractivity contribution in [2.75, 3.05) is 0 Å². The largest absolute Gasteiger partial charge is 0.338 e. The van der Waals surface area contributed by atoms with E-state index in [-0.39, 0.29) is 5.91 Å². The average Bonchev–Trinajstić information content (AvgIpc) is 3.04. The number of benzene rings is 2. The van der Waals surface area contributed by atoms with Gasteiger partial charge in [0.2, 0.25) is 0 Å². The lowest BCUT2D eigenvalue weighted by atomic mass is 9.84. The van der Waals surface area contributed by atoms with Crippen LogP contribution in [0.2, 0.25) is 0 Å². The number of aromatic nitrogens is 1. The van der Waals surface area contributed by atoms with E-state index in [2.05, 4.69) is 17.2 Å². The maximum Gasteiger partial charge on any atom is 0.264 e. The van der Waals surface area contributed by atoms with E-state index < -0.39 is 5.54 Å². The highest BCUT2D eigenvalue weighted by Crippen LogP contribution is 2.30. The molecule has 128 valence electrons. The number of hydrogen-bond donors (Lipinski definition) is 1. The van der Waals surface area contributed by atoms with E-state index in [1.807, 2.05) is 74.5 Å². The highest BCUT2D eigenvalue weighted by atomic mass is 32.1. The Morgan fingerprint density at radius 3 is 2.00 bits per heavy atom. The number of aryl methyl sites for hydroxylation is 2. The van der Waals surface area contributed by atoms with E-state index in [0.717, 1.165) is 28.2 Å². The van der Waals surface area contributed by atoms with Crippen molar-refractivity contribution in [1.82, 2.24) is 10.3 Å². The summed E-state index contributed by atoms with van der Waals surface area (Å²) in [6, 6.07) is 20.1. The molecule has 1 heterocycles. The summed E-state index contributed by atoms with van der Waals surface area (Å²) in [4.78, 5) is 18.2. The lowest BCUT2D eigenvalue weighted by Crippen LogP contribution is -2.44. The van der Waals surface area contributed by atoms with E-state index >= 15 is 0 Å². The number of amides is 1. The second-order valence-corrected chi connectivity index (χ2v) is 7.27. The quantitative estimate of drug-likeness (QED) is 0.724. The molecule has 0 fully saturated rings. The Labute approximate surface area is 152 Å². The minimum absolute atomic E-state index is 0.0788. The molecule has 2 aromatic carbocycles. The second kappa shape index (κ2) is 7.19. The molecule has 0 atom stereocenters. The van der Waals surface area contributed by atoms with Crippen LogP contribution in [0.4, 0.5) is 0 Å². The molecule has 0 aliphatic carbocycles. The number of rotatable bonds is 5. The number of nitrogens with one attached hydrogen (secondary N) is 1. The molecule has 1 amide bonds. The molecular weight excluding hydrogens is 328 g/mol. The van der Waals surface area contributed by atoms with E-state index in [0.29, 0.717) is 4.88 Å². The second-order valence-electron chi connectivity index (χ2n) is 6.19. The maximum absolute atomic E-state index is 13.0. The van der Waals surface area contributed by atoms with Gasteiger partial charge in [0.15, 0.2) is 0 Å². The number of hydrogen-bond acceptors (Lipinski definition) is 3. The summed E-state index contributed by atoms with van der Waals surface area (Å²) in [5, 5.41) is 4.24. The van der Waals surface area contributed by atoms with Crippen LogP contribution < -0.4 is 5.32 Å². The summed E-state index contributed by atoms with van der Waals surface area (Å²) in [7, 11) is 0. The fourth-order valence-corrected chi connectivity index (χ4v) is 3.85. The van der Waals surface area contributed by atoms with Crippen LogP contribution >= 0.6 is 11.3 Å². The molecule has 25 heavy (non-hydrogen) atoms. The van der Waals surface area contributed by atoms with Gasteiger partial charge in [0.25, 0.3) is 5.91 Å². The third-order valence-electron chi connectivity index (χ3n) is 4.42. The summed E-state index contributed by atoms with van der Waals surface area (Å²) < 4.78 is 0. The summed E-state index contributed by atoms with van der Waals surface area (Å²) in [5.41, 5.74) is 2.28. The van der Waals surface area contributed by atoms with Crippen molar-refractivity contribution >= 4 is 17.2 Å². The SMILES string of the molecule is CCc1nc(C)c(C(=O)NC(C)(c2ccccc2)c2ccccc2)s1. The first-order valence-electron chi connectivity index (χ1n) is 8.44. The first-order valence-corrected chi connectivity index (χ1v) is 9.26. The molecule has 0 saturated carbocycles. The van der Waals surface area contributed by atoms with E-state index in [1.54, 1.807) is 0 Å². The van der Waals surface area contributed by atoms with Crippen molar-refractivity contribution < 1.29 is 4.79 Å². The van der Waals surface area contributed by atoms with Crippen LogP contribution in [0, 0.1) is 6.92 Å². The van der Waals surface area contributed by atoms with Crippen molar-refractivity contribution in [3.8, 4) is 0 Å². The summed E-state index contributed by atoms with van der Waals surface area (Å²) >= 11 is 1.48. The van der Waals surface area contributed by atoms with Crippen LogP contribution in [-0.4, -0.2) is 10.9 Å². The summed E-state index contributed by atoms with van der Waals surface area (Å²) in [6.07, 6.45) is 0.841. The van der Waals surface area contributed by atoms with Crippen LogP contribution in [-0.2, 0) is 12.0 Å². The van der Waals surface area contributed by atoms with Gasteiger partial charge in [0.1, 0.15) is 4.88 Å². The molecule has 4 heteroatoms. The van der Waals surface area contributed by atoms with Crippen molar-refractivity contribution in [3.05, 3.63) is 87.4 Å². The molecule has 0 aliphatic heterocycles. The zero-order chi connectivity index (χ0) is 17.9. The van der Waals surface area contributed by atoms with Crippen molar-refractivity contribution in [2.45, 2.75) is 32.7 Å². The molecule has 0 saturated heterocycles. The van der Waals surface area contributed by atoms with E-state index in [4.69, 9.17) is 0 Å². The first-order chi connectivity index (χ1) is 12.0. The molecule has 3 aromatic rings. The minimum Gasteiger partial charge on any atom is -0.338 e. The monoisotopic (exact) mass is 350 g/mol. The Morgan fingerprint density at radius 2 is 1.56 bits per heavy atom. The Morgan fingerprint density at radius 1 is 1.04 bits per heavy atom. The van der Waals surface area contributed by atoms with Crippen LogP contribution in [0.1, 0.15) is 45.3 Å². The molecule has 3 rings (SSSR count). The molecule has 0 unspecified atom stereocenters. The van der Waals surface area contributed by atoms with Gasteiger partial charge in [-0.05, 0) is 31.4 Å². The molecule has 3 nitrogen and oxygen atoms in total. The Bertz CT molecular complexity index is 817. The zero-order valence-corrected chi connectivity index (χ0v) is 15.6. The molecule has 1 aromatic heterocycles. The molecule has 0 bridgehead atoms. The van der Waals surface area contributed by atoms with Gasteiger partial charge in [-0.1, -0.05) is 67.6 Å². The first kappa shape index (κ1) is 17.4. The lowest BCUT2D eigenvalue weighted by molar-refractivity contribution is 0.0922. The smallest absolute Gasteiger partial charge is 0.264 e. The molecule has 0 radical (unpaired) electrons. The Kier molecular flexibility index (Phi) is 5.00. The predicted octanol–water partition coefficient (Wildman–Crippen LogP) is 4.71. The summed E-state index contributed by atoms with van der Waals surface area (Å²) in [5.74, 6) is -0.0788. The van der Waals surface area contributed by atoms with E-state index in [9.17, 15) is 4.79 Å². The van der Waals surface area contributed by atoms with Gasteiger partial charge in [0, 0.05) is 0 Å². The average molecular weight is 350 g/mol. The highest BCUT2D eigenvalue weighted by Gasteiger charge is 2.32. The van der Waals surface area contributed by atoms with Crippen LogP contribution in [0.15, 0.2) is 60.7 Å². The van der Waals surface area contributed by atoms with Gasteiger partial charge in [0.05, 0.1) is 16.2 Å².